The molecule has 0 aromatic heterocycles. The molecule has 0 heterocycles. The molecule has 0 radical (unpaired) electrons. The average Bonchev–Trinajstić information content (AvgIpc) is 1.89. The van der Waals surface area contributed by atoms with E-state index in [1.165, 1.54) is 0 Å². The van der Waals surface area contributed by atoms with Crippen molar-refractivity contribution in [2.24, 2.45) is 11.5 Å². The van der Waals surface area contributed by atoms with Crippen molar-refractivity contribution in [2.45, 2.75) is 0 Å². The molecule has 9 heavy (non-hydrogen) atoms. The van der Waals surface area contributed by atoms with Crippen LogP contribution in [0, 0.1) is 0 Å². The van der Waals surface area contributed by atoms with Crippen LogP contribution in [0.1, 0.15) is 0 Å². The minimum Gasteiger partial charge on any atom is -0.480 e. The number of hydrogen-bond donors (Lipinski definition) is 3. The average molecular weight is 134 g/mol. The molecule has 0 fully saturated rings. The summed E-state index contributed by atoms with van der Waals surface area (Å²) in [5.74, 6) is -0.968. The maximum atomic E-state index is 9.24. The van der Waals surface area contributed by atoms with Crippen molar-refractivity contribution < 1.29 is 14.7 Å². The molecule has 0 aromatic carbocycles. The first-order chi connectivity index (χ1) is 4.18. The van der Waals surface area contributed by atoms with Crippen LogP contribution in [-0.2, 0) is 9.59 Å². The zero-order valence-electron chi connectivity index (χ0n) is 4.91. The number of nitrogens with two attached hydrogens (primary N) is 2. The summed E-state index contributed by atoms with van der Waals surface area (Å²) < 4.78 is 0. The lowest BCUT2D eigenvalue weighted by atomic mass is 10.7. The number of carbonyl (C=O) groups excluding carboxylic acids is 1. The standard InChI is InChI=1S/C2H5NO2.C2H5NO/c3-1-2(4)5;3-1-2-4/h1,3H2,(H,4,5);2H,1,3H2. The van der Waals surface area contributed by atoms with E-state index < -0.39 is 5.97 Å². The highest BCUT2D eigenvalue weighted by molar-refractivity contribution is 5.68. The van der Waals surface area contributed by atoms with Gasteiger partial charge in [0.25, 0.3) is 0 Å². The zero-order valence-corrected chi connectivity index (χ0v) is 4.91. The second-order valence-electron chi connectivity index (χ2n) is 1.00. The van der Waals surface area contributed by atoms with Crippen molar-refractivity contribution in [1.82, 2.24) is 0 Å². The van der Waals surface area contributed by atoms with Gasteiger partial charge in [-0.25, -0.2) is 0 Å². The Kier molecular flexibility index (Phi) is 12.3. The smallest absolute Gasteiger partial charge is 0.317 e. The minimum atomic E-state index is -0.968. The van der Waals surface area contributed by atoms with E-state index in [1.807, 2.05) is 0 Å². The van der Waals surface area contributed by atoms with Crippen molar-refractivity contribution in [1.29, 1.82) is 0 Å². The van der Waals surface area contributed by atoms with Gasteiger partial charge < -0.3 is 21.4 Å². The Labute approximate surface area is 52.6 Å². The molecular formula is C4H10N2O3. The highest BCUT2D eigenvalue weighted by Gasteiger charge is 1.81. The highest BCUT2D eigenvalue weighted by Crippen LogP contribution is 1.43. The van der Waals surface area contributed by atoms with Crippen LogP contribution in [0.5, 0.6) is 0 Å². The fourth-order valence-electron chi connectivity index (χ4n) is 0. The predicted molar refractivity (Wildman–Crippen MR) is 31.8 cm³/mol. The molecule has 0 aliphatic heterocycles. The van der Waals surface area contributed by atoms with Crippen molar-refractivity contribution in [3.05, 3.63) is 0 Å². The maximum absolute atomic E-state index is 9.24. The third-order valence-corrected chi connectivity index (χ3v) is 0.271. The Morgan fingerprint density at radius 1 is 1.56 bits per heavy atom. The summed E-state index contributed by atoms with van der Waals surface area (Å²) in [6.45, 7) is -0.139. The maximum Gasteiger partial charge on any atom is 0.317 e. The van der Waals surface area contributed by atoms with Gasteiger partial charge in [0.15, 0.2) is 0 Å². The second kappa shape index (κ2) is 10.1. The number of hydrogen-bond acceptors (Lipinski definition) is 4. The Morgan fingerprint density at radius 3 is 1.78 bits per heavy atom. The number of carboxylic acids is 1. The molecule has 5 heteroatoms. The summed E-state index contributed by atoms with van der Waals surface area (Å²) >= 11 is 0. The summed E-state index contributed by atoms with van der Waals surface area (Å²) in [4.78, 5) is 18.3. The van der Waals surface area contributed by atoms with E-state index in [2.05, 4.69) is 11.5 Å². The molecule has 5 N–H and O–H groups in total. The fourth-order valence-corrected chi connectivity index (χ4v) is 0. The lowest BCUT2D eigenvalue weighted by Gasteiger charge is -1.73. The summed E-state index contributed by atoms with van der Waals surface area (Å²) in [6.07, 6.45) is 0.653. The van der Waals surface area contributed by atoms with Crippen LogP contribution in [0.4, 0.5) is 0 Å². The molecule has 0 bridgehead atoms. The number of carboxylic acid groups (broad SMARTS) is 1. The van der Waals surface area contributed by atoms with Gasteiger partial charge in [-0.2, -0.15) is 0 Å². The third-order valence-electron chi connectivity index (χ3n) is 0.271. The monoisotopic (exact) mass is 134 g/mol. The summed E-state index contributed by atoms with van der Waals surface area (Å²) in [7, 11) is 0. The van der Waals surface area contributed by atoms with Crippen LogP contribution >= 0.6 is 0 Å². The van der Waals surface area contributed by atoms with Crippen molar-refractivity contribution >= 4 is 12.3 Å². The van der Waals surface area contributed by atoms with Crippen LogP contribution in [0.3, 0.4) is 0 Å². The lowest BCUT2D eigenvalue weighted by Crippen LogP contribution is -2.10. The van der Waals surface area contributed by atoms with E-state index in [0.29, 0.717) is 6.29 Å². The number of carbonyl (C=O) groups is 2. The summed E-state index contributed by atoms with van der Waals surface area (Å²) in [6, 6.07) is 0. The Morgan fingerprint density at radius 2 is 1.78 bits per heavy atom. The van der Waals surface area contributed by atoms with E-state index >= 15 is 0 Å². The fraction of sp³-hybridized carbons (Fsp3) is 0.500. The Balaban J connectivity index is 0. The van der Waals surface area contributed by atoms with Gasteiger partial charge in [0, 0.05) is 6.54 Å². The van der Waals surface area contributed by atoms with E-state index in [-0.39, 0.29) is 13.1 Å². The lowest BCUT2D eigenvalue weighted by molar-refractivity contribution is -0.135. The molecule has 0 saturated carbocycles. The van der Waals surface area contributed by atoms with E-state index in [4.69, 9.17) is 9.90 Å². The van der Waals surface area contributed by atoms with Gasteiger partial charge in [0.05, 0.1) is 6.54 Å². The number of rotatable bonds is 2. The molecule has 0 saturated heterocycles. The quantitative estimate of drug-likeness (QED) is 0.385. The van der Waals surface area contributed by atoms with Crippen LogP contribution in [0.2, 0.25) is 0 Å². The summed E-state index contributed by atoms with van der Waals surface area (Å²) in [5.41, 5.74) is 9.23. The van der Waals surface area contributed by atoms with Gasteiger partial charge in [0.1, 0.15) is 6.29 Å². The molecule has 0 aliphatic rings. The topological polar surface area (TPSA) is 106 Å². The van der Waals surface area contributed by atoms with Crippen molar-refractivity contribution in [3.8, 4) is 0 Å². The first-order valence-electron chi connectivity index (χ1n) is 2.24. The SMILES string of the molecule is NCC(=O)O.NCC=O. The molecular weight excluding hydrogens is 124 g/mol. The highest BCUT2D eigenvalue weighted by atomic mass is 16.4. The second-order valence-corrected chi connectivity index (χ2v) is 1.00. The molecule has 0 unspecified atom stereocenters. The normalized spacial score (nSPS) is 6.89. The van der Waals surface area contributed by atoms with Crippen LogP contribution < -0.4 is 11.5 Å². The van der Waals surface area contributed by atoms with Gasteiger partial charge in [0.2, 0.25) is 0 Å². The first kappa shape index (κ1) is 10.9. The Bertz CT molecular complexity index is 83.9. The zero-order chi connectivity index (χ0) is 7.70. The summed E-state index contributed by atoms with van der Waals surface area (Å²) in [5, 5.41) is 7.60. The third kappa shape index (κ3) is 42.6. The van der Waals surface area contributed by atoms with Crippen molar-refractivity contribution in [2.75, 3.05) is 13.1 Å². The van der Waals surface area contributed by atoms with Gasteiger partial charge >= 0.3 is 5.97 Å². The molecule has 54 valence electrons. The van der Waals surface area contributed by atoms with Crippen LogP contribution in [0.25, 0.3) is 0 Å². The van der Waals surface area contributed by atoms with E-state index in [0.717, 1.165) is 0 Å². The molecule has 0 aromatic rings. The van der Waals surface area contributed by atoms with Gasteiger partial charge in [-0.1, -0.05) is 0 Å². The first-order valence-corrected chi connectivity index (χ1v) is 2.24. The van der Waals surface area contributed by atoms with Gasteiger partial charge in [-0.3, -0.25) is 4.79 Å². The van der Waals surface area contributed by atoms with Crippen molar-refractivity contribution in [3.63, 3.8) is 0 Å². The number of aldehydes is 1. The molecule has 0 aliphatic carbocycles. The molecule has 0 amide bonds. The number of aliphatic carboxylic acids is 1. The minimum absolute atomic E-state index is 0.139. The Hall–Kier alpha value is -0.940. The van der Waals surface area contributed by atoms with Gasteiger partial charge in [-0.05, 0) is 0 Å². The molecule has 0 rings (SSSR count). The van der Waals surface area contributed by atoms with Crippen LogP contribution in [0.15, 0.2) is 0 Å². The molecule has 0 atom stereocenters. The molecule has 0 spiro atoms. The van der Waals surface area contributed by atoms with Crippen LogP contribution in [-0.4, -0.2) is 30.5 Å². The molecule has 5 nitrogen and oxygen atoms in total. The van der Waals surface area contributed by atoms with Gasteiger partial charge in [-0.15, -0.1) is 0 Å². The van der Waals surface area contributed by atoms with E-state index in [9.17, 15) is 4.79 Å². The van der Waals surface area contributed by atoms with E-state index in [1.54, 1.807) is 0 Å². The largest absolute Gasteiger partial charge is 0.480 e. The predicted octanol–water partition coefficient (Wildman–Crippen LogP) is -1.83.